The Morgan fingerprint density at radius 1 is 1.27 bits per heavy atom. The number of rotatable bonds is 5. The number of benzene rings is 1. The van der Waals surface area contributed by atoms with Gasteiger partial charge in [-0.1, -0.05) is 24.3 Å². The highest BCUT2D eigenvalue weighted by molar-refractivity contribution is 5.73. The van der Waals surface area contributed by atoms with Gasteiger partial charge in [-0.15, -0.1) is 0 Å². The fourth-order valence-electron chi connectivity index (χ4n) is 2.45. The molecule has 1 aliphatic rings. The van der Waals surface area contributed by atoms with Crippen LogP contribution in [-0.2, 0) is 11.3 Å². The van der Waals surface area contributed by atoms with Crippen LogP contribution in [0.4, 0.5) is 4.79 Å². The minimum absolute atomic E-state index is 0.135. The van der Waals surface area contributed by atoms with E-state index in [0.29, 0.717) is 19.0 Å². The van der Waals surface area contributed by atoms with Gasteiger partial charge in [0.2, 0.25) is 0 Å². The Kier molecular flexibility index (Phi) is 4.70. The number of ether oxygens (including phenoxy) is 1. The third kappa shape index (κ3) is 3.85. The standard InChI is InChI=1S/C16H20N4O2/c21-16(18-10-13-6-8-22-11-13)17-9-12-1-3-14(4-2-12)15-5-7-19-20-15/h1-5,7,13H,6,8-11H2,(H,19,20)(H2,17,18,21)/t13-/m0/s1. The van der Waals surface area contributed by atoms with Crippen LogP contribution in [0.25, 0.3) is 11.3 Å². The molecule has 2 aromatic rings. The number of hydrogen-bond acceptors (Lipinski definition) is 3. The SMILES string of the molecule is O=C(NCc1ccc(-c2ccn[nH]2)cc1)NC[C@@H]1CCOC1. The normalized spacial score (nSPS) is 17.4. The molecule has 6 nitrogen and oxygen atoms in total. The fourth-order valence-corrected chi connectivity index (χ4v) is 2.45. The summed E-state index contributed by atoms with van der Waals surface area (Å²) in [5, 5.41) is 12.6. The quantitative estimate of drug-likeness (QED) is 0.789. The molecule has 1 aliphatic heterocycles. The van der Waals surface area contributed by atoms with E-state index in [1.54, 1.807) is 6.20 Å². The van der Waals surface area contributed by atoms with Crippen molar-refractivity contribution in [2.75, 3.05) is 19.8 Å². The van der Waals surface area contributed by atoms with Crippen molar-refractivity contribution >= 4 is 6.03 Å². The third-order valence-electron chi connectivity index (χ3n) is 3.79. The van der Waals surface area contributed by atoms with Crippen molar-refractivity contribution in [2.24, 2.45) is 5.92 Å². The van der Waals surface area contributed by atoms with Crippen molar-refractivity contribution in [3.05, 3.63) is 42.1 Å². The molecule has 1 atom stereocenters. The molecule has 1 aromatic heterocycles. The Bertz CT molecular complexity index is 589. The molecule has 2 amide bonds. The van der Waals surface area contributed by atoms with Crippen molar-refractivity contribution < 1.29 is 9.53 Å². The number of aromatic amines is 1. The molecule has 3 rings (SSSR count). The number of nitrogens with one attached hydrogen (secondary N) is 3. The molecule has 1 aromatic carbocycles. The number of carbonyl (C=O) groups is 1. The maximum atomic E-state index is 11.8. The maximum Gasteiger partial charge on any atom is 0.315 e. The topological polar surface area (TPSA) is 79.0 Å². The smallest absolute Gasteiger partial charge is 0.315 e. The zero-order valence-corrected chi connectivity index (χ0v) is 12.3. The van der Waals surface area contributed by atoms with Crippen LogP contribution in [0.1, 0.15) is 12.0 Å². The molecule has 0 saturated carbocycles. The van der Waals surface area contributed by atoms with E-state index >= 15 is 0 Å². The number of amides is 2. The molecule has 1 fully saturated rings. The van der Waals surface area contributed by atoms with E-state index in [1.807, 2.05) is 30.3 Å². The predicted molar refractivity (Wildman–Crippen MR) is 83.2 cm³/mol. The van der Waals surface area contributed by atoms with Gasteiger partial charge >= 0.3 is 6.03 Å². The summed E-state index contributed by atoms with van der Waals surface area (Å²) in [5.41, 5.74) is 3.12. The molecule has 22 heavy (non-hydrogen) atoms. The van der Waals surface area contributed by atoms with Gasteiger partial charge in [0, 0.05) is 31.8 Å². The second-order valence-corrected chi connectivity index (χ2v) is 5.46. The van der Waals surface area contributed by atoms with Gasteiger partial charge < -0.3 is 15.4 Å². The highest BCUT2D eigenvalue weighted by atomic mass is 16.5. The lowest BCUT2D eigenvalue weighted by atomic mass is 10.1. The molecule has 1 saturated heterocycles. The summed E-state index contributed by atoms with van der Waals surface area (Å²) in [6, 6.07) is 9.82. The summed E-state index contributed by atoms with van der Waals surface area (Å²) in [5.74, 6) is 0.444. The highest BCUT2D eigenvalue weighted by Gasteiger charge is 2.15. The van der Waals surface area contributed by atoms with Crippen molar-refractivity contribution in [3.63, 3.8) is 0 Å². The monoisotopic (exact) mass is 300 g/mol. The Morgan fingerprint density at radius 2 is 2.14 bits per heavy atom. The molecule has 0 aliphatic carbocycles. The number of nitrogens with zero attached hydrogens (tertiary/aromatic N) is 1. The molecule has 0 spiro atoms. The Labute approximate surface area is 129 Å². The molecular formula is C16H20N4O2. The first-order valence-electron chi connectivity index (χ1n) is 7.49. The minimum atomic E-state index is -0.135. The van der Waals surface area contributed by atoms with Gasteiger partial charge in [0.05, 0.1) is 12.3 Å². The lowest BCUT2D eigenvalue weighted by molar-refractivity contribution is 0.185. The van der Waals surface area contributed by atoms with Crippen molar-refractivity contribution in [3.8, 4) is 11.3 Å². The van der Waals surface area contributed by atoms with Crippen molar-refractivity contribution in [1.29, 1.82) is 0 Å². The first-order chi connectivity index (χ1) is 10.8. The largest absolute Gasteiger partial charge is 0.381 e. The first-order valence-corrected chi connectivity index (χ1v) is 7.49. The summed E-state index contributed by atoms with van der Waals surface area (Å²) in [6.07, 6.45) is 2.75. The zero-order valence-electron chi connectivity index (χ0n) is 12.3. The van der Waals surface area contributed by atoms with Crippen LogP contribution in [-0.4, -0.2) is 36.0 Å². The molecule has 6 heteroatoms. The van der Waals surface area contributed by atoms with Crippen LogP contribution in [0.3, 0.4) is 0 Å². The number of H-pyrrole nitrogens is 1. The summed E-state index contributed by atoms with van der Waals surface area (Å²) in [7, 11) is 0. The second-order valence-electron chi connectivity index (χ2n) is 5.46. The summed E-state index contributed by atoms with van der Waals surface area (Å²) in [4.78, 5) is 11.8. The second kappa shape index (κ2) is 7.09. The van der Waals surface area contributed by atoms with Crippen LogP contribution in [0.5, 0.6) is 0 Å². The van der Waals surface area contributed by atoms with E-state index in [2.05, 4.69) is 20.8 Å². The third-order valence-corrected chi connectivity index (χ3v) is 3.79. The number of carbonyl (C=O) groups excluding carboxylic acids is 1. The zero-order chi connectivity index (χ0) is 15.2. The molecule has 116 valence electrons. The summed E-state index contributed by atoms with van der Waals surface area (Å²) >= 11 is 0. The number of hydrogen-bond donors (Lipinski definition) is 3. The van der Waals surface area contributed by atoms with Gasteiger partial charge in [-0.25, -0.2) is 4.79 Å². The lowest BCUT2D eigenvalue weighted by Gasteiger charge is -2.11. The lowest BCUT2D eigenvalue weighted by Crippen LogP contribution is -2.38. The molecule has 0 bridgehead atoms. The fraction of sp³-hybridized carbons (Fsp3) is 0.375. The molecule has 0 unspecified atom stereocenters. The molecular weight excluding hydrogens is 280 g/mol. The van der Waals surface area contributed by atoms with Gasteiger partial charge in [0.1, 0.15) is 0 Å². The van der Waals surface area contributed by atoms with E-state index in [9.17, 15) is 4.79 Å². The average Bonchev–Trinajstić information content (AvgIpc) is 3.24. The van der Waals surface area contributed by atoms with Crippen LogP contribution < -0.4 is 10.6 Å². The van der Waals surface area contributed by atoms with E-state index in [-0.39, 0.29) is 6.03 Å². The Balaban J connectivity index is 1.43. The minimum Gasteiger partial charge on any atom is -0.381 e. The van der Waals surface area contributed by atoms with Gasteiger partial charge in [-0.2, -0.15) is 5.10 Å². The van der Waals surface area contributed by atoms with Crippen molar-refractivity contribution in [1.82, 2.24) is 20.8 Å². The number of aromatic nitrogens is 2. The Morgan fingerprint density at radius 3 is 2.82 bits per heavy atom. The Hall–Kier alpha value is -2.34. The van der Waals surface area contributed by atoms with Gasteiger partial charge in [-0.3, -0.25) is 5.10 Å². The predicted octanol–water partition coefficient (Wildman–Crippen LogP) is 1.91. The van der Waals surface area contributed by atoms with Gasteiger partial charge in [-0.05, 0) is 23.6 Å². The van der Waals surface area contributed by atoms with E-state index in [0.717, 1.165) is 36.5 Å². The number of urea groups is 1. The van der Waals surface area contributed by atoms with Crippen LogP contribution in [0.2, 0.25) is 0 Å². The first kappa shape index (κ1) is 14.6. The van der Waals surface area contributed by atoms with Crippen LogP contribution >= 0.6 is 0 Å². The van der Waals surface area contributed by atoms with Gasteiger partial charge in [0.15, 0.2) is 0 Å². The molecule has 0 radical (unpaired) electrons. The molecule has 3 N–H and O–H groups in total. The average molecular weight is 300 g/mol. The van der Waals surface area contributed by atoms with Crippen LogP contribution in [0, 0.1) is 5.92 Å². The van der Waals surface area contributed by atoms with E-state index < -0.39 is 0 Å². The van der Waals surface area contributed by atoms with E-state index in [4.69, 9.17) is 4.74 Å². The van der Waals surface area contributed by atoms with Crippen LogP contribution in [0.15, 0.2) is 36.5 Å². The maximum absolute atomic E-state index is 11.8. The van der Waals surface area contributed by atoms with Gasteiger partial charge in [0.25, 0.3) is 0 Å². The summed E-state index contributed by atoms with van der Waals surface area (Å²) in [6.45, 7) is 2.73. The summed E-state index contributed by atoms with van der Waals surface area (Å²) < 4.78 is 5.28. The highest BCUT2D eigenvalue weighted by Crippen LogP contribution is 2.16. The molecule has 2 heterocycles. The van der Waals surface area contributed by atoms with E-state index in [1.165, 1.54) is 0 Å². The van der Waals surface area contributed by atoms with Crippen molar-refractivity contribution in [2.45, 2.75) is 13.0 Å².